The third kappa shape index (κ3) is 3.86. The molecule has 0 fully saturated rings. The summed E-state index contributed by atoms with van der Waals surface area (Å²) in [6.07, 6.45) is 3.27. The first-order valence-corrected chi connectivity index (χ1v) is 6.17. The molecular weight excluding hydrogens is 214 g/mol. The van der Waals surface area contributed by atoms with Gasteiger partial charge in [-0.15, -0.1) is 0 Å². The third-order valence-electron chi connectivity index (χ3n) is 3.09. The van der Waals surface area contributed by atoms with Gasteiger partial charge in [0.15, 0.2) is 0 Å². The van der Waals surface area contributed by atoms with Crippen LogP contribution in [0, 0.1) is 0 Å². The molecule has 1 atom stereocenters. The fourth-order valence-corrected chi connectivity index (χ4v) is 1.95. The minimum absolute atomic E-state index is 0.490. The zero-order chi connectivity index (χ0) is 12.8. The van der Waals surface area contributed by atoms with E-state index in [-0.39, 0.29) is 0 Å². The predicted molar refractivity (Wildman–Crippen MR) is 69.1 cm³/mol. The van der Waals surface area contributed by atoms with Crippen LogP contribution in [-0.2, 0) is 24.1 Å². The van der Waals surface area contributed by atoms with Crippen molar-refractivity contribution in [3.8, 4) is 0 Å². The maximum atomic E-state index is 10.6. The second kappa shape index (κ2) is 6.40. The lowest BCUT2D eigenvalue weighted by Gasteiger charge is -2.10. The molecule has 0 saturated carbocycles. The van der Waals surface area contributed by atoms with Gasteiger partial charge in [-0.25, -0.2) is 0 Å². The van der Waals surface area contributed by atoms with Gasteiger partial charge in [-0.3, -0.25) is 4.79 Å². The molecule has 0 aliphatic rings. The van der Waals surface area contributed by atoms with E-state index in [9.17, 15) is 4.79 Å². The molecule has 1 rings (SSSR count). The van der Waals surface area contributed by atoms with Gasteiger partial charge < -0.3 is 10.8 Å². The third-order valence-corrected chi connectivity index (χ3v) is 3.09. The molecule has 1 aromatic carbocycles. The van der Waals surface area contributed by atoms with Crippen LogP contribution in [0.5, 0.6) is 0 Å². The summed E-state index contributed by atoms with van der Waals surface area (Å²) in [7, 11) is 0. The molecule has 0 spiro atoms. The van der Waals surface area contributed by atoms with E-state index in [0.29, 0.717) is 6.42 Å². The molecule has 0 radical (unpaired) electrons. The number of carboxylic acid groups (broad SMARTS) is 1. The van der Waals surface area contributed by atoms with Crippen LogP contribution < -0.4 is 5.73 Å². The number of carbonyl (C=O) groups is 1. The first kappa shape index (κ1) is 13.7. The molecule has 17 heavy (non-hydrogen) atoms. The molecule has 1 aromatic rings. The molecule has 3 heteroatoms. The molecule has 0 saturated heterocycles. The number of benzene rings is 1. The van der Waals surface area contributed by atoms with Crippen molar-refractivity contribution in [2.45, 2.75) is 45.6 Å². The number of carboxylic acids is 1. The number of nitrogens with two attached hydrogens (primary N) is 1. The Kier molecular flexibility index (Phi) is 5.16. The van der Waals surface area contributed by atoms with Crippen LogP contribution >= 0.6 is 0 Å². The van der Waals surface area contributed by atoms with Gasteiger partial charge in [0.2, 0.25) is 0 Å². The zero-order valence-electron chi connectivity index (χ0n) is 10.6. The Bertz CT molecular complexity index is 388. The molecule has 0 aliphatic carbocycles. The van der Waals surface area contributed by atoms with Gasteiger partial charge in [0.05, 0.1) is 0 Å². The van der Waals surface area contributed by atoms with Gasteiger partial charge in [-0.05, 0) is 42.4 Å². The van der Waals surface area contributed by atoms with Gasteiger partial charge in [0.25, 0.3) is 0 Å². The highest BCUT2D eigenvalue weighted by Crippen LogP contribution is 2.15. The van der Waals surface area contributed by atoms with E-state index < -0.39 is 12.0 Å². The maximum Gasteiger partial charge on any atom is 0.320 e. The van der Waals surface area contributed by atoms with Crippen molar-refractivity contribution in [3.05, 3.63) is 34.9 Å². The standard InChI is InChI=1S/C14H21NO2/c1-3-11-7-5-10(9-12(11)4-2)6-8-13(15)14(16)17/h5,7,9,13H,3-4,6,8,15H2,1-2H3,(H,16,17). The van der Waals surface area contributed by atoms with Crippen molar-refractivity contribution in [2.24, 2.45) is 5.73 Å². The van der Waals surface area contributed by atoms with Crippen LogP contribution in [0.25, 0.3) is 0 Å². The maximum absolute atomic E-state index is 10.6. The molecule has 0 aliphatic heterocycles. The summed E-state index contributed by atoms with van der Waals surface area (Å²) in [6, 6.07) is 5.63. The summed E-state index contributed by atoms with van der Waals surface area (Å²) in [5.74, 6) is -0.925. The summed E-state index contributed by atoms with van der Waals surface area (Å²) in [5, 5.41) is 8.72. The van der Waals surface area contributed by atoms with E-state index in [0.717, 1.165) is 19.3 Å². The number of hydrogen-bond acceptors (Lipinski definition) is 2. The highest BCUT2D eigenvalue weighted by molar-refractivity contribution is 5.73. The van der Waals surface area contributed by atoms with Crippen molar-refractivity contribution >= 4 is 5.97 Å². The molecule has 0 amide bonds. The van der Waals surface area contributed by atoms with Crippen molar-refractivity contribution < 1.29 is 9.90 Å². The van der Waals surface area contributed by atoms with Crippen LogP contribution in [0.4, 0.5) is 0 Å². The summed E-state index contributed by atoms with van der Waals surface area (Å²) in [6.45, 7) is 4.29. The first-order valence-electron chi connectivity index (χ1n) is 6.17. The Hall–Kier alpha value is -1.35. The summed E-state index contributed by atoms with van der Waals surface area (Å²) in [4.78, 5) is 10.6. The molecular formula is C14H21NO2. The van der Waals surface area contributed by atoms with Crippen LogP contribution in [0.15, 0.2) is 18.2 Å². The van der Waals surface area contributed by atoms with Crippen molar-refractivity contribution in [1.29, 1.82) is 0 Å². The Labute approximate surface area is 103 Å². The Morgan fingerprint density at radius 3 is 2.47 bits per heavy atom. The highest BCUT2D eigenvalue weighted by atomic mass is 16.4. The molecule has 1 unspecified atom stereocenters. The topological polar surface area (TPSA) is 63.3 Å². The van der Waals surface area contributed by atoms with Crippen molar-refractivity contribution in [2.75, 3.05) is 0 Å². The van der Waals surface area contributed by atoms with E-state index in [4.69, 9.17) is 10.8 Å². The van der Waals surface area contributed by atoms with E-state index >= 15 is 0 Å². The van der Waals surface area contributed by atoms with E-state index in [1.54, 1.807) is 0 Å². The number of aliphatic carboxylic acids is 1. The molecule has 0 aromatic heterocycles. The van der Waals surface area contributed by atoms with Crippen LogP contribution in [0.2, 0.25) is 0 Å². The van der Waals surface area contributed by atoms with Gasteiger partial charge in [-0.1, -0.05) is 32.0 Å². The highest BCUT2D eigenvalue weighted by Gasteiger charge is 2.11. The zero-order valence-corrected chi connectivity index (χ0v) is 10.6. The first-order chi connectivity index (χ1) is 8.08. The number of hydrogen-bond donors (Lipinski definition) is 2. The van der Waals surface area contributed by atoms with Gasteiger partial charge in [0, 0.05) is 0 Å². The lowest BCUT2D eigenvalue weighted by Crippen LogP contribution is -2.30. The molecule has 3 N–H and O–H groups in total. The van der Waals surface area contributed by atoms with Crippen molar-refractivity contribution in [1.82, 2.24) is 0 Å². The lowest BCUT2D eigenvalue weighted by molar-refractivity contribution is -0.138. The van der Waals surface area contributed by atoms with Crippen LogP contribution in [0.3, 0.4) is 0 Å². The normalized spacial score (nSPS) is 12.4. The van der Waals surface area contributed by atoms with Gasteiger partial charge >= 0.3 is 5.97 Å². The van der Waals surface area contributed by atoms with Crippen LogP contribution in [0.1, 0.15) is 37.0 Å². The minimum atomic E-state index is -0.925. The molecule has 3 nitrogen and oxygen atoms in total. The Balaban J connectivity index is 2.69. The SMILES string of the molecule is CCc1ccc(CCC(N)C(=O)O)cc1CC. The average molecular weight is 235 g/mol. The number of aryl methyl sites for hydroxylation is 3. The fraction of sp³-hybridized carbons (Fsp3) is 0.500. The molecule has 94 valence electrons. The summed E-state index contributed by atoms with van der Waals surface area (Å²) in [5.41, 5.74) is 9.40. The van der Waals surface area contributed by atoms with E-state index in [1.807, 2.05) is 0 Å². The van der Waals surface area contributed by atoms with Crippen LogP contribution in [-0.4, -0.2) is 17.1 Å². The van der Waals surface area contributed by atoms with Crippen molar-refractivity contribution in [3.63, 3.8) is 0 Å². The monoisotopic (exact) mass is 235 g/mol. The fourth-order valence-electron chi connectivity index (χ4n) is 1.95. The Morgan fingerprint density at radius 2 is 1.94 bits per heavy atom. The summed E-state index contributed by atoms with van der Waals surface area (Å²) >= 11 is 0. The molecule has 0 bridgehead atoms. The second-order valence-corrected chi connectivity index (χ2v) is 4.29. The van der Waals surface area contributed by atoms with E-state index in [2.05, 4.69) is 32.0 Å². The van der Waals surface area contributed by atoms with E-state index in [1.165, 1.54) is 16.7 Å². The second-order valence-electron chi connectivity index (χ2n) is 4.29. The molecule has 0 heterocycles. The van der Waals surface area contributed by atoms with Gasteiger partial charge in [0.1, 0.15) is 6.04 Å². The average Bonchev–Trinajstić information content (AvgIpc) is 2.35. The number of rotatable bonds is 6. The predicted octanol–water partition coefficient (Wildman–Crippen LogP) is 2.16. The Morgan fingerprint density at radius 1 is 1.29 bits per heavy atom. The van der Waals surface area contributed by atoms with Gasteiger partial charge in [-0.2, -0.15) is 0 Å². The smallest absolute Gasteiger partial charge is 0.320 e. The summed E-state index contributed by atoms with van der Waals surface area (Å²) < 4.78 is 0. The quantitative estimate of drug-likeness (QED) is 0.794. The largest absolute Gasteiger partial charge is 0.480 e. The minimum Gasteiger partial charge on any atom is -0.480 e. The lowest BCUT2D eigenvalue weighted by atomic mass is 9.97.